The van der Waals surface area contributed by atoms with Crippen molar-refractivity contribution in [3.63, 3.8) is 0 Å². The molecule has 2 N–H and O–H groups in total. The van der Waals surface area contributed by atoms with Gasteiger partial charge in [0.2, 0.25) is 0 Å². The second-order valence-electron chi connectivity index (χ2n) is 4.44. The van der Waals surface area contributed by atoms with Crippen molar-refractivity contribution in [1.82, 2.24) is 0 Å². The number of nitrogens with zero attached hydrogens (tertiary/aromatic N) is 1. The van der Waals surface area contributed by atoms with Gasteiger partial charge in [0, 0.05) is 18.3 Å². The maximum absolute atomic E-state index is 12.3. The van der Waals surface area contributed by atoms with Crippen LogP contribution in [-0.2, 0) is 0 Å². The van der Waals surface area contributed by atoms with Crippen LogP contribution in [0.25, 0.3) is 0 Å². The van der Waals surface area contributed by atoms with Crippen LogP contribution >= 0.6 is 11.6 Å². The summed E-state index contributed by atoms with van der Waals surface area (Å²) in [6.07, 6.45) is 0. The predicted octanol–water partition coefficient (Wildman–Crippen LogP) is 3.51. The normalized spacial score (nSPS) is 10.3. The Hall–Kier alpha value is -2.00. The first-order chi connectivity index (χ1) is 8.99. The van der Waals surface area contributed by atoms with Crippen LogP contribution in [0, 0.1) is 6.92 Å². The van der Waals surface area contributed by atoms with Gasteiger partial charge in [0.15, 0.2) is 0 Å². The monoisotopic (exact) mass is 274 g/mol. The Morgan fingerprint density at radius 1 is 1.16 bits per heavy atom. The van der Waals surface area contributed by atoms with E-state index >= 15 is 0 Å². The van der Waals surface area contributed by atoms with E-state index in [0.29, 0.717) is 16.3 Å². The molecule has 98 valence electrons. The Kier molecular flexibility index (Phi) is 3.76. The molecule has 0 aliphatic heterocycles. The lowest BCUT2D eigenvalue weighted by Gasteiger charge is -2.18. The maximum Gasteiger partial charge on any atom is 0.258 e. The maximum atomic E-state index is 12.3. The molecule has 2 rings (SSSR count). The van der Waals surface area contributed by atoms with Crippen molar-refractivity contribution in [2.75, 3.05) is 17.7 Å². The van der Waals surface area contributed by atoms with E-state index in [1.165, 1.54) is 0 Å². The second-order valence-corrected chi connectivity index (χ2v) is 4.84. The molecule has 0 spiro atoms. The Labute approximate surface area is 117 Å². The number of rotatable bonds is 2. The van der Waals surface area contributed by atoms with Crippen molar-refractivity contribution in [2.24, 2.45) is 0 Å². The van der Waals surface area contributed by atoms with Crippen molar-refractivity contribution < 1.29 is 4.79 Å². The predicted molar refractivity (Wildman–Crippen MR) is 79.8 cm³/mol. The molecule has 0 aliphatic carbocycles. The number of anilines is 2. The van der Waals surface area contributed by atoms with Gasteiger partial charge in [-0.15, -0.1) is 0 Å². The highest BCUT2D eigenvalue weighted by Gasteiger charge is 2.14. The molecule has 4 heteroatoms. The van der Waals surface area contributed by atoms with E-state index < -0.39 is 0 Å². The summed E-state index contributed by atoms with van der Waals surface area (Å²) in [6, 6.07) is 12.7. The molecule has 2 aromatic carbocycles. The van der Waals surface area contributed by atoms with E-state index in [1.54, 1.807) is 30.1 Å². The number of nitrogen functional groups attached to an aromatic ring is 1. The van der Waals surface area contributed by atoms with Crippen LogP contribution in [0.5, 0.6) is 0 Å². The van der Waals surface area contributed by atoms with Crippen LogP contribution in [0.3, 0.4) is 0 Å². The first-order valence-electron chi connectivity index (χ1n) is 5.89. The van der Waals surface area contributed by atoms with Crippen LogP contribution in [0.15, 0.2) is 42.5 Å². The average Bonchev–Trinajstić information content (AvgIpc) is 2.41. The number of amides is 1. The summed E-state index contributed by atoms with van der Waals surface area (Å²) in [4.78, 5) is 13.9. The Bertz CT molecular complexity index is 608. The lowest BCUT2D eigenvalue weighted by molar-refractivity contribution is 0.0993. The number of carbonyl (C=O) groups is 1. The molecule has 0 heterocycles. The van der Waals surface area contributed by atoms with Gasteiger partial charge in [-0.3, -0.25) is 4.79 Å². The summed E-state index contributed by atoms with van der Waals surface area (Å²) in [5, 5.41) is 0.392. The zero-order valence-electron chi connectivity index (χ0n) is 10.9. The zero-order chi connectivity index (χ0) is 14.0. The van der Waals surface area contributed by atoms with Crippen LogP contribution in [0.4, 0.5) is 11.4 Å². The average molecular weight is 275 g/mol. The minimum atomic E-state index is -0.120. The molecule has 3 nitrogen and oxygen atoms in total. The summed E-state index contributed by atoms with van der Waals surface area (Å²) in [5.74, 6) is -0.120. The van der Waals surface area contributed by atoms with Gasteiger partial charge in [-0.1, -0.05) is 29.3 Å². The third kappa shape index (κ3) is 2.88. The van der Waals surface area contributed by atoms with Gasteiger partial charge in [0.1, 0.15) is 0 Å². The molecule has 0 radical (unpaired) electrons. The third-order valence-corrected chi connectivity index (χ3v) is 3.30. The molecule has 0 atom stereocenters. The van der Waals surface area contributed by atoms with Crippen molar-refractivity contribution >= 4 is 28.9 Å². The van der Waals surface area contributed by atoms with Crippen molar-refractivity contribution in [3.05, 3.63) is 58.6 Å². The van der Waals surface area contributed by atoms with E-state index in [4.69, 9.17) is 17.3 Å². The van der Waals surface area contributed by atoms with E-state index in [2.05, 4.69) is 0 Å². The fraction of sp³-hybridized carbons (Fsp3) is 0.133. The smallest absolute Gasteiger partial charge is 0.258 e. The van der Waals surface area contributed by atoms with Gasteiger partial charge in [0.25, 0.3) is 5.91 Å². The zero-order valence-corrected chi connectivity index (χ0v) is 11.6. The van der Waals surface area contributed by atoms with Crippen LogP contribution < -0.4 is 10.6 Å². The van der Waals surface area contributed by atoms with Crippen LogP contribution in [-0.4, -0.2) is 13.0 Å². The van der Waals surface area contributed by atoms with Gasteiger partial charge in [-0.2, -0.15) is 0 Å². The van der Waals surface area contributed by atoms with Gasteiger partial charge in [-0.05, 0) is 37.3 Å². The van der Waals surface area contributed by atoms with E-state index in [1.807, 2.05) is 31.2 Å². The first kappa shape index (κ1) is 13.4. The summed E-state index contributed by atoms with van der Waals surface area (Å²) in [7, 11) is 1.73. The number of benzene rings is 2. The molecule has 0 saturated heterocycles. The summed E-state index contributed by atoms with van der Waals surface area (Å²) < 4.78 is 0. The Morgan fingerprint density at radius 2 is 1.79 bits per heavy atom. The van der Waals surface area contributed by atoms with E-state index in [0.717, 1.165) is 11.3 Å². The van der Waals surface area contributed by atoms with Crippen LogP contribution in [0.2, 0.25) is 5.02 Å². The molecule has 0 aromatic heterocycles. The Morgan fingerprint density at radius 3 is 2.37 bits per heavy atom. The number of aryl methyl sites for hydroxylation is 1. The summed E-state index contributed by atoms with van der Waals surface area (Å²) in [6.45, 7) is 2.01. The van der Waals surface area contributed by atoms with Gasteiger partial charge in [-0.25, -0.2) is 0 Å². The quantitative estimate of drug-likeness (QED) is 0.852. The van der Waals surface area contributed by atoms with Crippen LogP contribution in [0.1, 0.15) is 15.9 Å². The van der Waals surface area contributed by atoms with Gasteiger partial charge < -0.3 is 10.6 Å². The topological polar surface area (TPSA) is 46.3 Å². The molecule has 1 amide bonds. The SMILES string of the molecule is Cc1ccc(N(C)C(=O)c2ccc(N)c(Cl)c2)cc1. The minimum Gasteiger partial charge on any atom is -0.398 e. The largest absolute Gasteiger partial charge is 0.398 e. The Balaban J connectivity index is 2.28. The fourth-order valence-corrected chi connectivity index (χ4v) is 1.92. The van der Waals surface area contributed by atoms with Crippen molar-refractivity contribution in [2.45, 2.75) is 6.92 Å². The molecule has 0 aliphatic rings. The summed E-state index contributed by atoms with van der Waals surface area (Å²) >= 11 is 5.93. The molecule has 0 bridgehead atoms. The number of nitrogens with two attached hydrogens (primary N) is 1. The van der Waals surface area contributed by atoms with Gasteiger partial charge in [0.05, 0.1) is 10.7 Å². The highest BCUT2D eigenvalue weighted by Crippen LogP contribution is 2.22. The molecular weight excluding hydrogens is 260 g/mol. The van der Waals surface area contributed by atoms with Crippen molar-refractivity contribution in [3.8, 4) is 0 Å². The number of halogens is 1. The van der Waals surface area contributed by atoms with E-state index in [9.17, 15) is 4.79 Å². The highest BCUT2D eigenvalue weighted by molar-refractivity contribution is 6.33. The number of carbonyl (C=O) groups excluding carboxylic acids is 1. The fourth-order valence-electron chi connectivity index (χ4n) is 1.74. The highest BCUT2D eigenvalue weighted by atomic mass is 35.5. The lowest BCUT2D eigenvalue weighted by Crippen LogP contribution is -2.26. The number of hydrogen-bond donors (Lipinski definition) is 1. The third-order valence-electron chi connectivity index (χ3n) is 2.97. The molecule has 0 saturated carbocycles. The van der Waals surface area contributed by atoms with E-state index in [-0.39, 0.29) is 5.91 Å². The van der Waals surface area contributed by atoms with Crippen molar-refractivity contribution in [1.29, 1.82) is 0 Å². The lowest BCUT2D eigenvalue weighted by atomic mass is 10.1. The minimum absolute atomic E-state index is 0.120. The second kappa shape index (κ2) is 5.33. The molecule has 0 fully saturated rings. The number of hydrogen-bond acceptors (Lipinski definition) is 2. The van der Waals surface area contributed by atoms with Gasteiger partial charge >= 0.3 is 0 Å². The first-order valence-corrected chi connectivity index (χ1v) is 6.26. The molecule has 0 unspecified atom stereocenters. The standard InChI is InChI=1S/C15H15ClN2O/c1-10-3-6-12(7-4-10)18(2)15(19)11-5-8-14(17)13(16)9-11/h3-9H,17H2,1-2H3. The summed E-state index contributed by atoms with van der Waals surface area (Å²) in [5.41, 5.74) is 8.61. The molecule has 19 heavy (non-hydrogen) atoms. The molecule has 2 aromatic rings. The molecular formula is C15H15ClN2O.